The maximum absolute atomic E-state index is 13.3. The Morgan fingerprint density at radius 3 is 2.68 bits per heavy atom. The van der Waals surface area contributed by atoms with Crippen LogP contribution >= 0.6 is 0 Å². The van der Waals surface area contributed by atoms with Gasteiger partial charge in [0.1, 0.15) is 5.75 Å². The van der Waals surface area contributed by atoms with Crippen molar-refractivity contribution in [2.45, 2.75) is 33.1 Å². The fraction of sp³-hybridized carbons (Fsp3) is 0.393. The van der Waals surface area contributed by atoms with E-state index >= 15 is 0 Å². The molecule has 1 N–H and O–H groups in total. The van der Waals surface area contributed by atoms with Crippen molar-refractivity contribution in [3.63, 3.8) is 0 Å². The number of aryl methyl sites for hydroxylation is 1. The van der Waals surface area contributed by atoms with Crippen LogP contribution in [0.5, 0.6) is 5.75 Å². The Bertz CT molecular complexity index is 1200. The van der Waals surface area contributed by atoms with Gasteiger partial charge in [-0.1, -0.05) is 42.8 Å². The molecule has 1 saturated heterocycles. The number of nitrogens with zero attached hydrogens (tertiary/aromatic N) is 3. The summed E-state index contributed by atoms with van der Waals surface area (Å²) < 4.78 is 5.52. The molecule has 176 valence electrons. The number of morpholine rings is 1. The summed E-state index contributed by atoms with van der Waals surface area (Å²) in [7, 11) is 0. The predicted octanol–water partition coefficient (Wildman–Crippen LogP) is 4.62. The molecule has 0 amide bonds. The monoisotopic (exact) mass is 457 g/mol. The van der Waals surface area contributed by atoms with E-state index < -0.39 is 0 Å². The number of hydrogen-bond acceptors (Lipinski definition) is 6. The number of aromatic hydroxyl groups is 1. The Morgan fingerprint density at radius 1 is 1.12 bits per heavy atom. The molecule has 0 spiro atoms. The minimum Gasteiger partial charge on any atom is -0.508 e. The normalized spacial score (nSPS) is 18.9. The predicted molar refractivity (Wildman–Crippen MR) is 132 cm³/mol. The first-order chi connectivity index (χ1) is 16.5. The summed E-state index contributed by atoms with van der Waals surface area (Å²) in [5.74, 6) is 1.28. The number of anilines is 1. The number of fused-ring (bicyclic) bond motifs is 1. The third-order valence-corrected chi connectivity index (χ3v) is 7.14. The fourth-order valence-electron chi connectivity index (χ4n) is 5.13. The van der Waals surface area contributed by atoms with Crippen LogP contribution in [0.3, 0.4) is 0 Å². The van der Waals surface area contributed by atoms with E-state index in [9.17, 15) is 9.90 Å². The van der Waals surface area contributed by atoms with E-state index in [0.29, 0.717) is 19.2 Å². The van der Waals surface area contributed by atoms with Crippen LogP contribution in [0.1, 0.15) is 40.5 Å². The van der Waals surface area contributed by atoms with Crippen LogP contribution in [0.25, 0.3) is 11.3 Å². The van der Waals surface area contributed by atoms with E-state index in [0.717, 1.165) is 66.0 Å². The maximum Gasteiger partial charge on any atom is 0.226 e. The number of aromatic nitrogens is 2. The number of ether oxygens (including phenoxy) is 1. The van der Waals surface area contributed by atoms with Gasteiger partial charge >= 0.3 is 0 Å². The Kier molecular flexibility index (Phi) is 6.33. The molecule has 1 fully saturated rings. The molecule has 0 bridgehead atoms. The SMILES string of the molecule is Cc1cccc(C(=O)[C@@H](C)C2CCc3c(nc(N4CCOCC4)nc3-c3cccc(O)c3)C2)c1. The van der Waals surface area contributed by atoms with E-state index in [1.165, 1.54) is 0 Å². The highest BCUT2D eigenvalue weighted by molar-refractivity contribution is 5.98. The second-order valence-electron chi connectivity index (χ2n) is 9.47. The summed E-state index contributed by atoms with van der Waals surface area (Å²) in [6.45, 7) is 6.90. The van der Waals surface area contributed by atoms with E-state index in [4.69, 9.17) is 14.7 Å². The van der Waals surface area contributed by atoms with Gasteiger partial charge in [0.2, 0.25) is 5.95 Å². The van der Waals surface area contributed by atoms with Crippen molar-refractivity contribution >= 4 is 11.7 Å². The van der Waals surface area contributed by atoms with Gasteiger partial charge in [-0.2, -0.15) is 0 Å². The first kappa shape index (κ1) is 22.5. The summed E-state index contributed by atoms with van der Waals surface area (Å²) in [5, 5.41) is 10.1. The van der Waals surface area contributed by atoms with E-state index in [1.54, 1.807) is 12.1 Å². The summed E-state index contributed by atoms with van der Waals surface area (Å²) in [4.78, 5) is 25.4. The zero-order chi connectivity index (χ0) is 23.7. The molecule has 0 saturated carbocycles. The molecule has 1 aromatic heterocycles. The molecule has 34 heavy (non-hydrogen) atoms. The molecule has 0 radical (unpaired) electrons. The smallest absolute Gasteiger partial charge is 0.226 e. The molecule has 2 aromatic carbocycles. The third kappa shape index (κ3) is 4.55. The lowest BCUT2D eigenvalue weighted by atomic mass is 9.76. The molecule has 5 rings (SSSR count). The van der Waals surface area contributed by atoms with Crippen molar-refractivity contribution in [3.8, 4) is 17.0 Å². The lowest BCUT2D eigenvalue weighted by Crippen LogP contribution is -2.38. The Balaban J connectivity index is 1.49. The second-order valence-corrected chi connectivity index (χ2v) is 9.47. The van der Waals surface area contributed by atoms with Gasteiger partial charge in [0.15, 0.2) is 5.78 Å². The topological polar surface area (TPSA) is 75.6 Å². The quantitative estimate of drug-likeness (QED) is 0.564. The van der Waals surface area contributed by atoms with Gasteiger partial charge in [0, 0.05) is 35.7 Å². The van der Waals surface area contributed by atoms with Gasteiger partial charge in [0.25, 0.3) is 0 Å². The highest BCUT2D eigenvalue weighted by Crippen LogP contribution is 2.37. The van der Waals surface area contributed by atoms with E-state index in [1.807, 2.05) is 43.3 Å². The zero-order valence-corrected chi connectivity index (χ0v) is 19.8. The van der Waals surface area contributed by atoms with E-state index in [2.05, 4.69) is 11.8 Å². The average molecular weight is 458 g/mol. The highest BCUT2D eigenvalue weighted by Gasteiger charge is 2.32. The minimum absolute atomic E-state index is 0.0824. The van der Waals surface area contributed by atoms with Crippen LogP contribution in [0.15, 0.2) is 48.5 Å². The van der Waals surface area contributed by atoms with Crippen LogP contribution in [0.2, 0.25) is 0 Å². The Labute approximate surface area is 200 Å². The van der Waals surface area contributed by atoms with Crippen molar-refractivity contribution in [1.29, 1.82) is 0 Å². The fourth-order valence-corrected chi connectivity index (χ4v) is 5.13. The summed E-state index contributed by atoms with van der Waals surface area (Å²) in [6, 6.07) is 15.1. The van der Waals surface area contributed by atoms with Crippen LogP contribution in [0, 0.1) is 18.8 Å². The third-order valence-electron chi connectivity index (χ3n) is 7.14. The molecular formula is C28H31N3O3. The molecule has 1 unspecified atom stereocenters. The van der Waals surface area contributed by atoms with Crippen molar-refractivity contribution in [2.75, 3.05) is 31.2 Å². The molecule has 1 aliphatic heterocycles. The lowest BCUT2D eigenvalue weighted by molar-refractivity contribution is 0.0877. The summed E-state index contributed by atoms with van der Waals surface area (Å²) >= 11 is 0. The van der Waals surface area contributed by atoms with Crippen molar-refractivity contribution < 1.29 is 14.6 Å². The van der Waals surface area contributed by atoms with Gasteiger partial charge in [0.05, 0.1) is 24.6 Å². The minimum atomic E-state index is -0.0824. The van der Waals surface area contributed by atoms with Gasteiger partial charge in [-0.05, 0) is 50.3 Å². The number of phenols is 1. The molecule has 6 heteroatoms. The lowest BCUT2D eigenvalue weighted by Gasteiger charge is -2.32. The van der Waals surface area contributed by atoms with Crippen molar-refractivity contribution in [1.82, 2.24) is 9.97 Å². The van der Waals surface area contributed by atoms with Crippen LogP contribution in [0.4, 0.5) is 5.95 Å². The summed E-state index contributed by atoms with van der Waals surface area (Å²) in [6.07, 6.45) is 2.48. The number of carbonyl (C=O) groups is 1. The first-order valence-electron chi connectivity index (χ1n) is 12.1. The second kappa shape index (κ2) is 9.55. The number of carbonyl (C=O) groups excluding carboxylic acids is 1. The largest absolute Gasteiger partial charge is 0.508 e. The van der Waals surface area contributed by atoms with Gasteiger partial charge in [-0.3, -0.25) is 4.79 Å². The maximum atomic E-state index is 13.3. The van der Waals surface area contributed by atoms with Crippen molar-refractivity contribution in [3.05, 3.63) is 70.9 Å². The number of ketones is 1. The number of phenolic OH excluding ortho intramolecular Hbond substituents is 1. The molecule has 2 aliphatic rings. The average Bonchev–Trinajstić information content (AvgIpc) is 2.87. The molecule has 2 heterocycles. The number of rotatable bonds is 5. The molecular weight excluding hydrogens is 426 g/mol. The number of benzene rings is 2. The van der Waals surface area contributed by atoms with Crippen LogP contribution < -0.4 is 4.90 Å². The van der Waals surface area contributed by atoms with Gasteiger partial charge < -0.3 is 14.7 Å². The zero-order valence-electron chi connectivity index (χ0n) is 19.8. The number of Topliss-reactive ketones (excluding diaryl/α,β-unsaturated/α-hetero) is 1. The van der Waals surface area contributed by atoms with Crippen molar-refractivity contribution in [2.24, 2.45) is 11.8 Å². The Hall–Kier alpha value is -3.25. The number of hydrogen-bond donors (Lipinski definition) is 1. The molecule has 1 aliphatic carbocycles. The van der Waals surface area contributed by atoms with Gasteiger partial charge in [-0.15, -0.1) is 0 Å². The standard InChI is InChI=1S/C28H31N3O3/c1-18-5-3-7-22(15-18)27(33)19(2)20-9-10-24-25(17-20)29-28(31-11-13-34-14-12-31)30-26(24)21-6-4-8-23(32)16-21/h3-8,15-16,19-20,32H,9-14,17H2,1-2H3/t19-,20?/m0/s1. The summed E-state index contributed by atoms with van der Waals surface area (Å²) in [5.41, 5.74) is 5.83. The van der Waals surface area contributed by atoms with Crippen LogP contribution in [-0.4, -0.2) is 47.2 Å². The highest BCUT2D eigenvalue weighted by atomic mass is 16.5. The molecule has 3 aromatic rings. The van der Waals surface area contributed by atoms with Gasteiger partial charge in [-0.25, -0.2) is 9.97 Å². The van der Waals surface area contributed by atoms with E-state index in [-0.39, 0.29) is 23.4 Å². The van der Waals surface area contributed by atoms with Crippen LogP contribution in [-0.2, 0) is 17.6 Å². The Morgan fingerprint density at radius 2 is 1.91 bits per heavy atom. The molecule has 6 nitrogen and oxygen atoms in total. The molecule has 2 atom stereocenters. The first-order valence-corrected chi connectivity index (χ1v) is 12.1.